The number of hydrogen-bond acceptors (Lipinski definition) is 3. The van der Waals surface area contributed by atoms with Crippen molar-refractivity contribution in [1.29, 1.82) is 0 Å². The summed E-state index contributed by atoms with van der Waals surface area (Å²) in [6.45, 7) is 2.09. The summed E-state index contributed by atoms with van der Waals surface area (Å²) in [7, 11) is 1.85. The van der Waals surface area contributed by atoms with E-state index in [-0.39, 0.29) is 12.5 Å². The van der Waals surface area contributed by atoms with Crippen molar-refractivity contribution in [3.63, 3.8) is 0 Å². The van der Waals surface area contributed by atoms with Gasteiger partial charge in [0.1, 0.15) is 5.75 Å². The second-order valence-electron chi connectivity index (χ2n) is 4.66. The second kappa shape index (κ2) is 7.33. The highest BCUT2D eigenvalue weighted by molar-refractivity contribution is 5.91. The monoisotopic (exact) mass is 284 g/mol. The van der Waals surface area contributed by atoms with E-state index in [4.69, 9.17) is 4.74 Å². The van der Waals surface area contributed by atoms with Gasteiger partial charge in [0, 0.05) is 18.4 Å². The Kier molecular flexibility index (Phi) is 5.21. The van der Waals surface area contributed by atoms with Crippen LogP contribution in [0.3, 0.4) is 0 Å². The number of anilines is 2. The number of ether oxygens (including phenoxy) is 1. The van der Waals surface area contributed by atoms with Crippen molar-refractivity contribution in [2.45, 2.75) is 13.3 Å². The van der Waals surface area contributed by atoms with Crippen LogP contribution in [0.2, 0.25) is 0 Å². The number of carbonyl (C=O) groups is 1. The number of aryl methyl sites for hydroxylation is 1. The van der Waals surface area contributed by atoms with Crippen molar-refractivity contribution in [3.05, 3.63) is 54.1 Å². The van der Waals surface area contributed by atoms with Crippen molar-refractivity contribution < 1.29 is 9.53 Å². The van der Waals surface area contributed by atoms with Gasteiger partial charge in [-0.25, -0.2) is 0 Å². The average Bonchev–Trinajstić information content (AvgIpc) is 2.54. The first-order valence-corrected chi connectivity index (χ1v) is 7.00. The molecule has 0 aromatic heterocycles. The van der Waals surface area contributed by atoms with Crippen LogP contribution in [0.15, 0.2) is 48.5 Å². The lowest BCUT2D eigenvalue weighted by Gasteiger charge is -2.08. The van der Waals surface area contributed by atoms with Gasteiger partial charge in [0.2, 0.25) is 0 Å². The van der Waals surface area contributed by atoms with Crippen LogP contribution < -0.4 is 15.4 Å². The first-order valence-electron chi connectivity index (χ1n) is 7.00. The smallest absolute Gasteiger partial charge is 0.262 e. The largest absolute Gasteiger partial charge is 0.484 e. The number of hydrogen-bond donors (Lipinski definition) is 2. The molecule has 1 amide bonds. The van der Waals surface area contributed by atoms with Crippen LogP contribution in [0.25, 0.3) is 0 Å². The molecule has 2 N–H and O–H groups in total. The zero-order valence-corrected chi connectivity index (χ0v) is 12.3. The van der Waals surface area contributed by atoms with Gasteiger partial charge < -0.3 is 15.4 Å². The summed E-state index contributed by atoms with van der Waals surface area (Å²) in [5.41, 5.74) is 3.03. The molecule has 0 aliphatic carbocycles. The third-order valence-corrected chi connectivity index (χ3v) is 3.16. The molecule has 0 atom stereocenters. The first kappa shape index (κ1) is 14.9. The van der Waals surface area contributed by atoms with Gasteiger partial charge in [0.05, 0.1) is 0 Å². The number of nitrogens with one attached hydrogen (secondary N) is 2. The van der Waals surface area contributed by atoms with E-state index in [0.717, 1.165) is 17.8 Å². The molecular weight excluding hydrogens is 264 g/mol. The van der Waals surface area contributed by atoms with E-state index >= 15 is 0 Å². The molecule has 0 saturated heterocycles. The standard InChI is InChI=1S/C17H20N2O2/c1-3-13-4-6-15(7-5-13)19-17(20)12-21-16-10-8-14(18-2)9-11-16/h4-11,18H,3,12H2,1-2H3,(H,19,20). The van der Waals surface area contributed by atoms with E-state index in [9.17, 15) is 4.79 Å². The molecule has 0 bridgehead atoms. The Hall–Kier alpha value is -2.49. The van der Waals surface area contributed by atoms with Crippen LogP contribution in [-0.2, 0) is 11.2 Å². The third-order valence-electron chi connectivity index (χ3n) is 3.16. The molecule has 0 aliphatic heterocycles. The van der Waals surface area contributed by atoms with Crippen molar-refractivity contribution >= 4 is 17.3 Å². The molecule has 21 heavy (non-hydrogen) atoms. The maximum atomic E-state index is 11.8. The molecule has 4 nitrogen and oxygen atoms in total. The van der Waals surface area contributed by atoms with E-state index in [1.165, 1.54) is 5.56 Å². The Balaban J connectivity index is 1.83. The molecule has 2 aromatic carbocycles. The molecule has 0 fully saturated rings. The normalized spacial score (nSPS) is 10.0. The third kappa shape index (κ3) is 4.53. The highest BCUT2D eigenvalue weighted by Crippen LogP contribution is 2.15. The summed E-state index contributed by atoms with van der Waals surface area (Å²) >= 11 is 0. The molecule has 110 valence electrons. The summed E-state index contributed by atoms with van der Waals surface area (Å²) in [5.74, 6) is 0.502. The van der Waals surface area contributed by atoms with Crippen LogP contribution in [0.4, 0.5) is 11.4 Å². The van der Waals surface area contributed by atoms with Crippen LogP contribution in [0.1, 0.15) is 12.5 Å². The van der Waals surface area contributed by atoms with E-state index in [0.29, 0.717) is 5.75 Å². The minimum atomic E-state index is -0.169. The highest BCUT2D eigenvalue weighted by Gasteiger charge is 2.04. The Bertz CT molecular complexity index is 577. The zero-order valence-electron chi connectivity index (χ0n) is 12.3. The van der Waals surface area contributed by atoms with Gasteiger partial charge >= 0.3 is 0 Å². The molecule has 0 unspecified atom stereocenters. The summed E-state index contributed by atoms with van der Waals surface area (Å²) in [6, 6.07) is 15.3. The quantitative estimate of drug-likeness (QED) is 0.855. The van der Waals surface area contributed by atoms with Gasteiger partial charge in [-0.3, -0.25) is 4.79 Å². The number of amides is 1. The maximum absolute atomic E-state index is 11.8. The number of benzene rings is 2. The molecule has 0 aliphatic rings. The molecular formula is C17H20N2O2. The summed E-state index contributed by atoms with van der Waals surface area (Å²) in [4.78, 5) is 11.8. The van der Waals surface area contributed by atoms with Crippen molar-refractivity contribution in [2.75, 3.05) is 24.3 Å². The lowest BCUT2D eigenvalue weighted by atomic mass is 10.1. The Labute approximate surface area is 125 Å². The van der Waals surface area contributed by atoms with Crippen molar-refractivity contribution in [2.24, 2.45) is 0 Å². The van der Waals surface area contributed by atoms with Gasteiger partial charge in [-0.1, -0.05) is 19.1 Å². The van der Waals surface area contributed by atoms with Gasteiger partial charge in [-0.2, -0.15) is 0 Å². The Morgan fingerprint density at radius 3 is 2.19 bits per heavy atom. The Morgan fingerprint density at radius 1 is 1.00 bits per heavy atom. The summed E-state index contributed by atoms with van der Waals surface area (Å²) < 4.78 is 5.44. The molecule has 0 saturated carbocycles. The molecule has 0 radical (unpaired) electrons. The minimum Gasteiger partial charge on any atom is -0.484 e. The summed E-state index contributed by atoms with van der Waals surface area (Å²) in [6.07, 6.45) is 0.986. The fourth-order valence-corrected chi connectivity index (χ4v) is 1.89. The van der Waals surface area contributed by atoms with E-state index in [2.05, 4.69) is 17.6 Å². The topological polar surface area (TPSA) is 50.4 Å². The van der Waals surface area contributed by atoms with Crippen molar-refractivity contribution in [1.82, 2.24) is 0 Å². The predicted molar refractivity (Wildman–Crippen MR) is 85.9 cm³/mol. The molecule has 0 heterocycles. The van der Waals surface area contributed by atoms with Gasteiger partial charge in [0.25, 0.3) is 5.91 Å². The zero-order chi connectivity index (χ0) is 15.1. The fraction of sp³-hybridized carbons (Fsp3) is 0.235. The average molecular weight is 284 g/mol. The van der Waals surface area contributed by atoms with Crippen LogP contribution in [0, 0.1) is 0 Å². The SMILES string of the molecule is CCc1ccc(NC(=O)COc2ccc(NC)cc2)cc1. The van der Waals surface area contributed by atoms with E-state index < -0.39 is 0 Å². The molecule has 4 heteroatoms. The van der Waals surface area contributed by atoms with Crippen LogP contribution in [-0.4, -0.2) is 19.6 Å². The number of carbonyl (C=O) groups excluding carboxylic acids is 1. The summed E-state index contributed by atoms with van der Waals surface area (Å²) in [5, 5.41) is 5.84. The fourth-order valence-electron chi connectivity index (χ4n) is 1.89. The molecule has 0 spiro atoms. The van der Waals surface area contributed by atoms with E-state index in [1.54, 1.807) is 0 Å². The van der Waals surface area contributed by atoms with Gasteiger partial charge in [0.15, 0.2) is 6.61 Å². The van der Waals surface area contributed by atoms with Gasteiger partial charge in [-0.05, 0) is 48.4 Å². The lowest BCUT2D eigenvalue weighted by molar-refractivity contribution is -0.118. The molecule has 2 aromatic rings. The lowest BCUT2D eigenvalue weighted by Crippen LogP contribution is -2.20. The van der Waals surface area contributed by atoms with Crippen LogP contribution >= 0.6 is 0 Å². The molecule has 2 rings (SSSR count). The van der Waals surface area contributed by atoms with E-state index in [1.807, 2.05) is 55.6 Å². The second-order valence-corrected chi connectivity index (χ2v) is 4.66. The van der Waals surface area contributed by atoms with Gasteiger partial charge in [-0.15, -0.1) is 0 Å². The van der Waals surface area contributed by atoms with Crippen LogP contribution in [0.5, 0.6) is 5.75 Å². The maximum Gasteiger partial charge on any atom is 0.262 e. The minimum absolute atomic E-state index is 0.00553. The Morgan fingerprint density at radius 2 is 1.62 bits per heavy atom. The number of rotatable bonds is 6. The first-order chi connectivity index (χ1) is 10.2. The predicted octanol–water partition coefficient (Wildman–Crippen LogP) is 3.31. The highest BCUT2D eigenvalue weighted by atomic mass is 16.5. The van der Waals surface area contributed by atoms with Crippen molar-refractivity contribution in [3.8, 4) is 5.75 Å².